The largest absolute Gasteiger partial charge is 0.496 e. The van der Waals surface area contributed by atoms with Crippen molar-refractivity contribution in [2.45, 2.75) is 19.9 Å². The summed E-state index contributed by atoms with van der Waals surface area (Å²) in [5.74, 6) is 0.461. The molecule has 2 aromatic heterocycles. The van der Waals surface area contributed by atoms with Gasteiger partial charge in [0.05, 0.1) is 24.9 Å². The number of aryl methyl sites for hydroxylation is 1. The number of benzene rings is 2. The van der Waals surface area contributed by atoms with Gasteiger partial charge in [0.15, 0.2) is 5.13 Å². The van der Waals surface area contributed by atoms with E-state index in [0.29, 0.717) is 16.4 Å². The number of nitrogens with zero attached hydrogens (tertiary/aromatic N) is 3. The highest BCUT2D eigenvalue weighted by molar-refractivity contribution is 7.15. The third-order valence-electron chi connectivity index (χ3n) is 5.83. The monoisotopic (exact) mass is 490 g/mol. The Bertz CT molecular complexity index is 1350. The topological polar surface area (TPSA) is 67.3 Å². The van der Waals surface area contributed by atoms with Crippen LogP contribution in [-0.2, 0) is 13.0 Å². The van der Waals surface area contributed by atoms with Crippen molar-refractivity contribution in [2.24, 2.45) is 0 Å². The third-order valence-corrected chi connectivity index (χ3v) is 7.08. The molecular formula is C26H23ClN4O2S. The first-order valence-corrected chi connectivity index (χ1v) is 12.1. The van der Waals surface area contributed by atoms with Crippen LogP contribution in [0.3, 0.4) is 0 Å². The van der Waals surface area contributed by atoms with Crippen LogP contribution >= 0.6 is 22.9 Å². The van der Waals surface area contributed by atoms with Crippen LogP contribution in [0, 0.1) is 6.92 Å². The van der Waals surface area contributed by atoms with E-state index in [0.717, 1.165) is 57.6 Å². The van der Waals surface area contributed by atoms with Gasteiger partial charge in [0.2, 0.25) is 0 Å². The average molecular weight is 491 g/mol. The lowest BCUT2D eigenvalue weighted by Gasteiger charge is -2.28. The van der Waals surface area contributed by atoms with Crippen LogP contribution in [0.5, 0.6) is 5.75 Å². The normalized spacial score (nSPS) is 12.9. The lowest BCUT2D eigenvalue weighted by molar-refractivity contribution is 0.102. The number of hydrogen-bond acceptors (Lipinski definition) is 6. The molecule has 6 nitrogen and oxygen atoms in total. The molecule has 0 saturated carbocycles. The summed E-state index contributed by atoms with van der Waals surface area (Å²) in [6.45, 7) is 3.52. The molecule has 2 aromatic carbocycles. The van der Waals surface area contributed by atoms with Crippen molar-refractivity contribution in [1.82, 2.24) is 9.97 Å². The Balaban J connectivity index is 1.39. The van der Waals surface area contributed by atoms with Crippen LogP contribution < -0.4 is 15.0 Å². The van der Waals surface area contributed by atoms with Crippen molar-refractivity contribution in [3.8, 4) is 16.9 Å². The highest BCUT2D eigenvalue weighted by Gasteiger charge is 2.23. The van der Waals surface area contributed by atoms with E-state index in [1.165, 1.54) is 11.3 Å². The molecule has 1 amide bonds. The van der Waals surface area contributed by atoms with Crippen molar-refractivity contribution in [3.63, 3.8) is 0 Å². The minimum Gasteiger partial charge on any atom is -0.496 e. The molecule has 0 radical (unpaired) electrons. The number of carbonyl (C=O) groups excluding carboxylic acids is 1. The Kier molecular flexibility index (Phi) is 6.22. The third kappa shape index (κ3) is 4.49. The molecule has 0 unspecified atom stereocenters. The molecule has 34 heavy (non-hydrogen) atoms. The van der Waals surface area contributed by atoms with Crippen molar-refractivity contribution >= 4 is 39.7 Å². The van der Waals surface area contributed by atoms with E-state index in [1.807, 2.05) is 61.5 Å². The van der Waals surface area contributed by atoms with Crippen molar-refractivity contribution in [1.29, 1.82) is 0 Å². The van der Waals surface area contributed by atoms with Crippen LogP contribution in [-0.4, -0.2) is 29.5 Å². The van der Waals surface area contributed by atoms with Crippen LogP contribution in [0.2, 0.25) is 5.02 Å². The number of aromatic nitrogens is 2. The van der Waals surface area contributed by atoms with E-state index in [1.54, 1.807) is 13.3 Å². The number of methoxy groups -OCH3 is 1. The van der Waals surface area contributed by atoms with Gasteiger partial charge in [-0.15, -0.1) is 0 Å². The molecule has 0 aliphatic carbocycles. The zero-order chi connectivity index (χ0) is 23.7. The van der Waals surface area contributed by atoms with E-state index < -0.39 is 0 Å². The van der Waals surface area contributed by atoms with Gasteiger partial charge >= 0.3 is 0 Å². The maximum absolute atomic E-state index is 13.3. The number of carbonyl (C=O) groups is 1. The number of rotatable bonds is 5. The van der Waals surface area contributed by atoms with Crippen LogP contribution in [0.4, 0.5) is 10.8 Å². The second-order valence-electron chi connectivity index (χ2n) is 8.06. The summed E-state index contributed by atoms with van der Waals surface area (Å²) in [6.07, 6.45) is 2.44. The standard InChI is InChI=1S/C26H23ClN4O2S/c1-16-13-20(19-5-3-4-6-23(19)33-2)21(14-28-16)25(32)30-26-29-22-11-12-31(15-24(22)34-26)18-9-7-17(27)8-10-18/h3-10,13-14H,11-12,15H2,1-2H3,(H,29,30,32). The van der Waals surface area contributed by atoms with Crippen LogP contribution in [0.25, 0.3) is 11.1 Å². The molecule has 0 saturated heterocycles. The summed E-state index contributed by atoms with van der Waals surface area (Å²) < 4.78 is 5.53. The first-order valence-electron chi connectivity index (χ1n) is 10.9. The Morgan fingerprint density at radius 1 is 1.15 bits per heavy atom. The van der Waals surface area contributed by atoms with Gasteiger partial charge in [-0.2, -0.15) is 0 Å². The SMILES string of the molecule is COc1ccccc1-c1cc(C)ncc1C(=O)Nc1nc2c(s1)CN(c1ccc(Cl)cc1)CC2. The summed E-state index contributed by atoms with van der Waals surface area (Å²) >= 11 is 7.55. The number of para-hydroxylation sites is 1. The van der Waals surface area contributed by atoms with E-state index in [9.17, 15) is 4.79 Å². The number of anilines is 2. The molecule has 8 heteroatoms. The Hall–Kier alpha value is -3.42. The van der Waals surface area contributed by atoms with Gasteiger partial charge in [-0.05, 0) is 43.3 Å². The molecular weight excluding hydrogens is 468 g/mol. The fraction of sp³-hybridized carbons (Fsp3) is 0.192. The van der Waals surface area contributed by atoms with Gasteiger partial charge in [0, 0.05) is 51.6 Å². The smallest absolute Gasteiger partial charge is 0.259 e. The quantitative estimate of drug-likeness (QED) is 0.372. The minimum atomic E-state index is -0.242. The summed E-state index contributed by atoms with van der Waals surface area (Å²) in [5, 5.41) is 4.32. The van der Waals surface area contributed by atoms with Gasteiger partial charge in [-0.3, -0.25) is 15.1 Å². The molecule has 1 aliphatic heterocycles. The molecule has 172 valence electrons. The van der Waals surface area contributed by atoms with E-state index in [4.69, 9.17) is 21.3 Å². The second-order valence-corrected chi connectivity index (χ2v) is 9.58. The molecule has 0 atom stereocenters. The molecule has 1 aliphatic rings. The zero-order valence-electron chi connectivity index (χ0n) is 18.8. The van der Waals surface area contributed by atoms with E-state index >= 15 is 0 Å². The maximum Gasteiger partial charge on any atom is 0.259 e. The van der Waals surface area contributed by atoms with Crippen LogP contribution in [0.15, 0.2) is 60.8 Å². The molecule has 0 spiro atoms. The Morgan fingerprint density at radius 3 is 2.74 bits per heavy atom. The number of nitrogens with one attached hydrogen (secondary N) is 1. The molecule has 0 fully saturated rings. The van der Waals surface area contributed by atoms with E-state index in [2.05, 4.69) is 15.2 Å². The number of thiazole rings is 1. The Morgan fingerprint density at radius 2 is 1.94 bits per heavy atom. The molecule has 5 rings (SSSR count). The second kappa shape index (κ2) is 9.44. The fourth-order valence-electron chi connectivity index (χ4n) is 4.12. The highest BCUT2D eigenvalue weighted by atomic mass is 35.5. The maximum atomic E-state index is 13.3. The molecule has 4 aromatic rings. The van der Waals surface area contributed by atoms with Crippen molar-refractivity contribution < 1.29 is 9.53 Å². The predicted octanol–water partition coefficient (Wildman–Crippen LogP) is 5.99. The number of amides is 1. The van der Waals surface area contributed by atoms with Crippen molar-refractivity contribution in [3.05, 3.63) is 87.6 Å². The molecule has 0 bridgehead atoms. The molecule has 1 N–H and O–H groups in total. The lowest BCUT2D eigenvalue weighted by Crippen LogP contribution is -2.29. The number of halogens is 1. The summed E-state index contributed by atoms with van der Waals surface area (Å²) in [4.78, 5) is 25.8. The summed E-state index contributed by atoms with van der Waals surface area (Å²) in [7, 11) is 1.63. The van der Waals surface area contributed by atoms with Crippen molar-refractivity contribution in [2.75, 3.05) is 23.9 Å². The first kappa shape index (κ1) is 22.4. The molecule has 3 heterocycles. The fourth-order valence-corrected chi connectivity index (χ4v) is 5.26. The number of pyridine rings is 1. The number of fused-ring (bicyclic) bond motifs is 1. The van der Waals surface area contributed by atoms with Gasteiger partial charge in [-0.25, -0.2) is 4.98 Å². The number of hydrogen-bond donors (Lipinski definition) is 1. The lowest BCUT2D eigenvalue weighted by atomic mass is 9.99. The van der Waals surface area contributed by atoms with Gasteiger partial charge in [0.25, 0.3) is 5.91 Å². The minimum absolute atomic E-state index is 0.242. The van der Waals surface area contributed by atoms with Gasteiger partial charge < -0.3 is 9.64 Å². The first-order chi connectivity index (χ1) is 16.5. The van der Waals surface area contributed by atoms with E-state index in [-0.39, 0.29) is 5.91 Å². The highest BCUT2D eigenvalue weighted by Crippen LogP contribution is 2.34. The van der Waals surface area contributed by atoms with Gasteiger partial charge in [-0.1, -0.05) is 41.1 Å². The predicted molar refractivity (Wildman–Crippen MR) is 137 cm³/mol. The summed E-state index contributed by atoms with van der Waals surface area (Å²) in [5.41, 5.74) is 5.09. The summed E-state index contributed by atoms with van der Waals surface area (Å²) in [6, 6.07) is 17.4. The average Bonchev–Trinajstić information content (AvgIpc) is 3.25. The number of ether oxygens (including phenoxy) is 1. The Labute approximate surface area is 207 Å². The van der Waals surface area contributed by atoms with Gasteiger partial charge in [0.1, 0.15) is 5.75 Å². The zero-order valence-corrected chi connectivity index (χ0v) is 20.4. The van der Waals surface area contributed by atoms with Crippen LogP contribution in [0.1, 0.15) is 26.6 Å².